The van der Waals surface area contributed by atoms with Crippen molar-refractivity contribution in [3.05, 3.63) is 77.6 Å². The van der Waals surface area contributed by atoms with E-state index in [1.807, 2.05) is 60.7 Å². The van der Waals surface area contributed by atoms with Gasteiger partial charge >= 0.3 is 0 Å². The minimum atomic E-state index is -0.190. The van der Waals surface area contributed by atoms with Crippen molar-refractivity contribution in [1.29, 1.82) is 0 Å². The van der Waals surface area contributed by atoms with Gasteiger partial charge in [0, 0.05) is 6.61 Å². The Labute approximate surface area is 168 Å². The van der Waals surface area contributed by atoms with Crippen molar-refractivity contribution in [3.8, 4) is 0 Å². The Morgan fingerprint density at radius 1 is 1.14 bits per heavy atom. The Kier molecular flexibility index (Phi) is 6.04. The Bertz CT molecular complexity index is 856. The van der Waals surface area contributed by atoms with E-state index in [0.29, 0.717) is 5.16 Å². The number of amides is 1. The van der Waals surface area contributed by atoms with Gasteiger partial charge in [-0.05, 0) is 24.0 Å². The molecule has 2 N–H and O–H groups in total. The predicted molar refractivity (Wildman–Crippen MR) is 108 cm³/mol. The lowest BCUT2D eigenvalue weighted by Crippen LogP contribution is -2.30. The molecule has 1 aliphatic heterocycles. The molecule has 1 fully saturated rings. The largest absolute Gasteiger partial charge is 0.370 e. The topological polar surface area (TPSA) is 79.9 Å². The van der Waals surface area contributed by atoms with Crippen LogP contribution in [0.2, 0.25) is 0 Å². The third kappa shape index (κ3) is 4.61. The van der Waals surface area contributed by atoms with Gasteiger partial charge in [0.05, 0.1) is 11.8 Å². The monoisotopic (exact) mass is 394 g/mol. The number of ether oxygens (including phenoxy) is 1. The highest BCUT2D eigenvalue weighted by atomic mass is 32.2. The van der Waals surface area contributed by atoms with Gasteiger partial charge in [0.25, 0.3) is 0 Å². The zero-order valence-corrected chi connectivity index (χ0v) is 16.2. The number of nitrogens with one attached hydrogen (secondary N) is 2. The van der Waals surface area contributed by atoms with E-state index >= 15 is 0 Å². The first kappa shape index (κ1) is 18.7. The van der Waals surface area contributed by atoms with Gasteiger partial charge in [-0.2, -0.15) is 0 Å². The molecular formula is C21H22N4O2S. The fourth-order valence-corrected chi connectivity index (χ4v) is 3.86. The maximum Gasteiger partial charge on any atom is 0.231 e. The molecule has 1 atom stereocenters. The predicted octanol–water partition coefficient (Wildman–Crippen LogP) is 3.65. The summed E-state index contributed by atoms with van der Waals surface area (Å²) in [5.41, 5.74) is 2.09. The van der Waals surface area contributed by atoms with Crippen LogP contribution in [0.1, 0.15) is 41.9 Å². The smallest absolute Gasteiger partial charge is 0.231 e. The Hall–Kier alpha value is -2.64. The number of nitrogens with zero attached hydrogens (tertiary/aromatic N) is 2. The third-order valence-electron chi connectivity index (χ3n) is 4.62. The van der Waals surface area contributed by atoms with E-state index in [9.17, 15) is 4.79 Å². The van der Waals surface area contributed by atoms with Gasteiger partial charge in [-0.3, -0.25) is 9.89 Å². The Morgan fingerprint density at radius 2 is 1.82 bits per heavy atom. The van der Waals surface area contributed by atoms with Crippen LogP contribution in [0.15, 0.2) is 65.8 Å². The summed E-state index contributed by atoms with van der Waals surface area (Å²) in [5.74, 6) is 0.928. The van der Waals surface area contributed by atoms with Gasteiger partial charge < -0.3 is 10.1 Å². The van der Waals surface area contributed by atoms with Crippen molar-refractivity contribution >= 4 is 17.7 Å². The number of hydrogen-bond donors (Lipinski definition) is 2. The number of carbonyl (C=O) groups excluding carboxylic acids is 1. The van der Waals surface area contributed by atoms with E-state index in [-0.39, 0.29) is 23.8 Å². The van der Waals surface area contributed by atoms with Crippen LogP contribution in [0.5, 0.6) is 0 Å². The van der Waals surface area contributed by atoms with Gasteiger partial charge in [0.1, 0.15) is 6.10 Å². The summed E-state index contributed by atoms with van der Waals surface area (Å²) in [6, 6.07) is 19.8. The Balaban J connectivity index is 1.39. The molecular weight excluding hydrogens is 372 g/mol. The number of hydrogen-bond acceptors (Lipinski definition) is 5. The fourth-order valence-electron chi connectivity index (χ4n) is 3.24. The minimum Gasteiger partial charge on any atom is -0.370 e. The molecule has 0 radical (unpaired) electrons. The summed E-state index contributed by atoms with van der Waals surface area (Å²) >= 11 is 1.32. The standard InChI is InChI=1S/C21H22N4O2S/c26-18(14-28-21-23-20(24-25-21)17-12-7-13-27-17)22-19(15-8-3-1-4-9-15)16-10-5-2-6-11-16/h1-6,8-11,17,19H,7,12-14H2,(H,22,26)(H,23,24,25)/t17-/m1/s1. The van der Waals surface area contributed by atoms with Gasteiger partial charge in [-0.25, -0.2) is 4.98 Å². The van der Waals surface area contributed by atoms with Gasteiger partial charge in [0.2, 0.25) is 11.1 Å². The molecule has 2 aromatic carbocycles. The van der Waals surface area contributed by atoms with Crippen molar-refractivity contribution in [1.82, 2.24) is 20.5 Å². The molecule has 0 unspecified atom stereocenters. The van der Waals surface area contributed by atoms with Crippen LogP contribution in [0.4, 0.5) is 0 Å². The van der Waals surface area contributed by atoms with Crippen molar-refractivity contribution in [2.75, 3.05) is 12.4 Å². The summed E-state index contributed by atoms with van der Waals surface area (Å²) in [7, 11) is 0. The summed E-state index contributed by atoms with van der Waals surface area (Å²) in [6.07, 6.45) is 1.99. The minimum absolute atomic E-state index is 0.00350. The number of carbonyl (C=O) groups is 1. The van der Waals surface area contributed by atoms with E-state index in [2.05, 4.69) is 20.5 Å². The van der Waals surface area contributed by atoms with E-state index in [1.54, 1.807) is 0 Å². The maximum absolute atomic E-state index is 12.6. The number of thioether (sulfide) groups is 1. The summed E-state index contributed by atoms with van der Waals surface area (Å²) in [4.78, 5) is 17.1. The number of benzene rings is 2. The van der Waals surface area contributed by atoms with Crippen molar-refractivity contribution in [2.45, 2.75) is 30.1 Å². The van der Waals surface area contributed by atoms with Crippen molar-refractivity contribution in [3.63, 3.8) is 0 Å². The first-order valence-electron chi connectivity index (χ1n) is 9.35. The van der Waals surface area contributed by atoms with Crippen LogP contribution >= 0.6 is 11.8 Å². The zero-order valence-electron chi connectivity index (χ0n) is 15.4. The second-order valence-corrected chi connectivity index (χ2v) is 7.56. The summed E-state index contributed by atoms with van der Waals surface area (Å²) < 4.78 is 5.61. The lowest BCUT2D eigenvalue weighted by Gasteiger charge is -2.19. The second kappa shape index (κ2) is 9.03. The van der Waals surface area contributed by atoms with Crippen LogP contribution in [-0.2, 0) is 9.53 Å². The van der Waals surface area contributed by atoms with Crippen molar-refractivity contribution in [2.24, 2.45) is 0 Å². The van der Waals surface area contributed by atoms with Crippen LogP contribution in [0, 0.1) is 0 Å². The molecule has 1 aliphatic rings. The maximum atomic E-state index is 12.6. The summed E-state index contributed by atoms with van der Waals surface area (Å²) in [6.45, 7) is 0.761. The molecule has 1 saturated heterocycles. The molecule has 144 valence electrons. The number of aromatic amines is 1. The highest BCUT2D eigenvalue weighted by molar-refractivity contribution is 7.99. The van der Waals surface area contributed by atoms with E-state index < -0.39 is 0 Å². The number of rotatable bonds is 7. The van der Waals surface area contributed by atoms with Gasteiger partial charge in [-0.1, -0.05) is 72.4 Å². The molecule has 1 amide bonds. The number of H-pyrrole nitrogens is 1. The van der Waals surface area contributed by atoms with E-state index in [1.165, 1.54) is 11.8 Å². The first-order valence-corrected chi connectivity index (χ1v) is 10.3. The summed E-state index contributed by atoms with van der Waals surface area (Å²) in [5, 5.41) is 10.8. The fraction of sp³-hybridized carbons (Fsp3) is 0.286. The molecule has 0 bridgehead atoms. The highest BCUT2D eigenvalue weighted by Crippen LogP contribution is 2.27. The van der Waals surface area contributed by atoms with Crippen LogP contribution in [-0.4, -0.2) is 33.4 Å². The third-order valence-corrected chi connectivity index (χ3v) is 5.47. The van der Waals surface area contributed by atoms with Crippen LogP contribution in [0.25, 0.3) is 0 Å². The molecule has 1 aromatic heterocycles. The van der Waals surface area contributed by atoms with Crippen LogP contribution < -0.4 is 5.32 Å². The lowest BCUT2D eigenvalue weighted by molar-refractivity contribution is -0.119. The second-order valence-electron chi connectivity index (χ2n) is 6.62. The van der Waals surface area contributed by atoms with Gasteiger partial charge in [-0.15, -0.1) is 5.10 Å². The van der Waals surface area contributed by atoms with E-state index in [4.69, 9.17) is 4.74 Å². The molecule has 0 aliphatic carbocycles. The number of aromatic nitrogens is 3. The quantitative estimate of drug-likeness (QED) is 0.598. The molecule has 7 heteroatoms. The molecule has 6 nitrogen and oxygen atoms in total. The molecule has 0 spiro atoms. The average Bonchev–Trinajstić information content (AvgIpc) is 3.43. The molecule has 2 heterocycles. The average molecular weight is 395 g/mol. The van der Waals surface area contributed by atoms with E-state index in [0.717, 1.165) is 36.4 Å². The SMILES string of the molecule is O=C(CSc1n[nH]c([C@H]2CCCO2)n1)NC(c1ccccc1)c1ccccc1. The lowest BCUT2D eigenvalue weighted by atomic mass is 9.99. The molecule has 3 aromatic rings. The normalized spacial score (nSPS) is 16.4. The van der Waals surface area contributed by atoms with Crippen molar-refractivity contribution < 1.29 is 9.53 Å². The first-order chi connectivity index (χ1) is 13.8. The highest BCUT2D eigenvalue weighted by Gasteiger charge is 2.22. The Morgan fingerprint density at radius 3 is 2.43 bits per heavy atom. The molecule has 28 heavy (non-hydrogen) atoms. The van der Waals surface area contributed by atoms with Gasteiger partial charge in [0.15, 0.2) is 5.82 Å². The van der Waals surface area contributed by atoms with Crippen LogP contribution in [0.3, 0.4) is 0 Å². The zero-order chi connectivity index (χ0) is 19.2. The molecule has 0 saturated carbocycles. The molecule has 4 rings (SSSR count).